The number of rotatable bonds is 5. The first-order valence-corrected chi connectivity index (χ1v) is 6.19. The highest BCUT2D eigenvalue weighted by Crippen LogP contribution is 2.25. The van der Waals surface area contributed by atoms with E-state index < -0.39 is 0 Å². The molecule has 0 aliphatic heterocycles. The molecule has 0 spiro atoms. The second-order valence-corrected chi connectivity index (χ2v) is 4.85. The molecular weight excluding hydrogens is 224 g/mol. The van der Waals surface area contributed by atoms with Gasteiger partial charge in [0.1, 0.15) is 0 Å². The lowest BCUT2D eigenvalue weighted by Crippen LogP contribution is -2.32. The summed E-state index contributed by atoms with van der Waals surface area (Å²) in [7, 11) is 0. The van der Waals surface area contributed by atoms with Gasteiger partial charge < -0.3 is 11.1 Å². The molecule has 4 heteroatoms. The molecule has 96 valence electrons. The smallest absolute Gasteiger partial charge is 0.220 e. The van der Waals surface area contributed by atoms with Gasteiger partial charge in [-0.25, -0.2) is 0 Å². The fourth-order valence-corrected chi connectivity index (χ4v) is 2.10. The lowest BCUT2D eigenvalue weighted by molar-refractivity contribution is -0.122. The quantitative estimate of drug-likeness (QED) is 0.783. The monoisotopic (exact) mass is 248 g/mol. The maximum atomic E-state index is 11.6. The Morgan fingerprint density at radius 1 is 1.38 bits per heavy atom. The summed E-state index contributed by atoms with van der Waals surface area (Å²) in [4.78, 5) is 11.6. The zero-order valence-electron chi connectivity index (χ0n) is 10.2. The number of hydrogen-bond acceptors (Lipinski definition) is 2. The Morgan fingerprint density at radius 3 is 2.56 bits per heavy atom. The van der Waals surface area contributed by atoms with Crippen molar-refractivity contribution in [1.29, 1.82) is 0 Å². The van der Waals surface area contributed by atoms with Crippen LogP contribution >= 0.6 is 12.4 Å². The van der Waals surface area contributed by atoms with E-state index in [0.717, 1.165) is 13.0 Å². The maximum Gasteiger partial charge on any atom is 0.220 e. The van der Waals surface area contributed by atoms with E-state index in [1.807, 2.05) is 0 Å². The molecule has 0 aromatic heterocycles. The number of carbonyl (C=O) groups excluding carboxylic acids is 1. The van der Waals surface area contributed by atoms with Gasteiger partial charge in [0.2, 0.25) is 5.91 Å². The number of nitrogens with two attached hydrogens (primary N) is 1. The van der Waals surface area contributed by atoms with E-state index in [2.05, 4.69) is 12.2 Å². The molecule has 16 heavy (non-hydrogen) atoms. The summed E-state index contributed by atoms with van der Waals surface area (Å²) in [5.41, 5.74) is 5.49. The average molecular weight is 249 g/mol. The van der Waals surface area contributed by atoms with Crippen molar-refractivity contribution in [2.24, 2.45) is 17.6 Å². The highest BCUT2D eigenvalue weighted by Gasteiger charge is 2.16. The molecule has 0 saturated heterocycles. The number of nitrogens with one attached hydrogen (secondary N) is 1. The van der Waals surface area contributed by atoms with Gasteiger partial charge >= 0.3 is 0 Å². The standard InChI is InChI=1S/C12H24N2O.ClH/c1-10(8-13)9-14-12(15)7-11-5-3-2-4-6-11;/h10-11H,2-9,13H2,1H3,(H,14,15);1H. The molecule has 3 N–H and O–H groups in total. The fraction of sp³-hybridized carbons (Fsp3) is 0.917. The van der Waals surface area contributed by atoms with Crippen molar-refractivity contribution in [2.75, 3.05) is 13.1 Å². The van der Waals surface area contributed by atoms with Gasteiger partial charge in [0, 0.05) is 13.0 Å². The number of carbonyl (C=O) groups is 1. The summed E-state index contributed by atoms with van der Waals surface area (Å²) in [5.74, 6) is 1.23. The minimum Gasteiger partial charge on any atom is -0.356 e. The minimum absolute atomic E-state index is 0. The SMILES string of the molecule is CC(CN)CNC(=O)CC1CCCCC1.Cl. The first kappa shape index (κ1) is 15.7. The van der Waals surface area contributed by atoms with E-state index in [4.69, 9.17) is 5.73 Å². The van der Waals surface area contributed by atoms with Crippen LogP contribution in [0.3, 0.4) is 0 Å². The Morgan fingerprint density at radius 2 is 2.00 bits per heavy atom. The van der Waals surface area contributed by atoms with Gasteiger partial charge in [0.15, 0.2) is 0 Å². The largest absolute Gasteiger partial charge is 0.356 e. The average Bonchev–Trinajstić information content (AvgIpc) is 2.27. The molecule has 1 aliphatic rings. The van der Waals surface area contributed by atoms with Crippen LogP contribution in [0.25, 0.3) is 0 Å². The highest BCUT2D eigenvalue weighted by atomic mass is 35.5. The number of halogens is 1. The molecule has 0 heterocycles. The highest BCUT2D eigenvalue weighted by molar-refractivity contribution is 5.85. The third-order valence-electron chi connectivity index (χ3n) is 3.25. The molecule has 1 atom stereocenters. The van der Waals surface area contributed by atoms with Gasteiger partial charge in [-0.15, -0.1) is 12.4 Å². The van der Waals surface area contributed by atoms with Gasteiger partial charge in [0.05, 0.1) is 0 Å². The normalized spacial score (nSPS) is 18.6. The van der Waals surface area contributed by atoms with Gasteiger partial charge in [-0.1, -0.05) is 26.2 Å². The summed E-state index contributed by atoms with van der Waals surface area (Å²) in [6.07, 6.45) is 7.15. The summed E-state index contributed by atoms with van der Waals surface area (Å²) in [6, 6.07) is 0. The first-order valence-electron chi connectivity index (χ1n) is 6.19. The summed E-state index contributed by atoms with van der Waals surface area (Å²) in [5, 5.41) is 2.96. The molecule has 1 amide bonds. The van der Waals surface area contributed by atoms with Crippen LogP contribution in [0.5, 0.6) is 0 Å². The third kappa shape index (κ3) is 6.33. The number of amides is 1. The molecule has 1 aliphatic carbocycles. The third-order valence-corrected chi connectivity index (χ3v) is 3.25. The van der Waals surface area contributed by atoms with E-state index >= 15 is 0 Å². The van der Waals surface area contributed by atoms with Crippen LogP contribution in [0.2, 0.25) is 0 Å². The van der Waals surface area contributed by atoms with E-state index in [1.165, 1.54) is 32.1 Å². The molecule has 1 fully saturated rings. The van der Waals surface area contributed by atoms with Gasteiger partial charge in [-0.05, 0) is 31.2 Å². The lowest BCUT2D eigenvalue weighted by atomic mass is 9.87. The topological polar surface area (TPSA) is 55.1 Å². The Bertz CT molecular complexity index is 193. The predicted octanol–water partition coefficient (Wildman–Crippen LogP) is 2.09. The van der Waals surface area contributed by atoms with Crippen LogP contribution in [-0.4, -0.2) is 19.0 Å². The van der Waals surface area contributed by atoms with Crippen molar-refractivity contribution in [3.63, 3.8) is 0 Å². The van der Waals surface area contributed by atoms with Gasteiger partial charge in [-0.2, -0.15) is 0 Å². The minimum atomic E-state index is 0. The molecule has 1 unspecified atom stereocenters. The molecular formula is C12H25ClN2O. The zero-order valence-corrected chi connectivity index (χ0v) is 11.0. The summed E-state index contributed by atoms with van der Waals surface area (Å²) >= 11 is 0. The molecule has 0 aromatic carbocycles. The van der Waals surface area contributed by atoms with Crippen LogP contribution in [0.15, 0.2) is 0 Å². The molecule has 3 nitrogen and oxygen atoms in total. The fourth-order valence-electron chi connectivity index (χ4n) is 2.10. The van der Waals surface area contributed by atoms with E-state index in [0.29, 0.717) is 18.4 Å². The van der Waals surface area contributed by atoms with Gasteiger partial charge in [-0.3, -0.25) is 4.79 Å². The molecule has 1 rings (SSSR count). The Kier molecular flexibility index (Phi) is 8.67. The Hall–Kier alpha value is -0.280. The van der Waals surface area contributed by atoms with E-state index in [-0.39, 0.29) is 18.3 Å². The first-order chi connectivity index (χ1) is 7.22. The van der Waals surface area contributed by atoms with Crippen LogP contribution in [0.1, 0.15) is 45.4 Å². The molecule has 0 bridgehead atoms. The van der Waals surface area contributed by atoms with Crippen LogP contribution in [-0.2, 0) is 4.79 Å². The van der Waals surface area contributed by atoms with Crippen LogP contribution in [0.4, 0.5) is 0 Å². The van der Waals surface area contributed by atoms with Crippen molar-refractivity contribution < 1.29 is 4.79 Å². The second kappa shape index (κ2) is 8.82. The Balaban J connectivity index is 0.00000225. The maximum absolute atomic E-state index is 11.6. The van der Waals surface area contributed by atoms with Crippen molar-refractivity contribution in [1.82, 2.24) is 5.32 Å². The van der Waals surface area contributed by atoms with Gasteiger partial charge in [0.25, 0.3) is 0 Å². The molecule has 0 aromatic rings. The lowest BCUT2D eigenvalue weighted by Gasteiger charge is -2.21. The summed E-state index contributed by atoms with van der Waals surface area (Å²) in [6.45, 7) is 3.42. The molecule has 0 radical (unpaired) electrons. The van der Waals surface area contributed by atoms with Crippen molar-refractivity contribution in [3.8, 4) is 0 Å². The van der Waals surface area contributed by atoms with E-state index in [1.54, 1.807) is 0 Å². The zero-order chi connectivity index (χ0) is 11.1. The predicted molar refractivity (Wildman–Crippen MR) is 69.7 cm³/mol. The van der Waals surface area contributed by atoms with Crippen molar-refractivity contribution in [2.45, 2.75) is 45.4 Å². The van der Waals surface area contributed by atoms with E-state index in [9.17, 15) is 4.79 Å². The van der Waals surface area contributed by atoms with Crippen LogP contribution < -0.4 is 11.1 Å². The number of hydrogen-bond donors (Lipinski definition) is 2. The molecule has 1 saturated carbocycles. The van der Waals surface area contributed by atoms with Crippen molar-refractivity contribution in [3.05, 3.63) is 0 Å². The van der Waals surface area contributed by atoms with Crippen LogP contribution in [0, 0.1) is 11.8 Å². The summed E-state index contributed by atoms with van der Waals surface area (Å²) < 4.78 is 0. The van der Waals surface area contributed by atoms with Crippen molar-refractivity contribution >= 4 is 18.3 Å². The second-order valence-electron chi connectivity index (χ2n) is 4.85. The Labute approximate surface area is 105 Å².